The third kappa shape index (κ3) is 2.58. The van der Waals surface area contributed by atoms with E-state index in [0.717, 1.165) is 18.7 Å². The van der Waals surface area contributed by atoms with Crippen molar-refractivity contribution in [3.05, 3.63) is 42.2 Å². The number of nitrogens with zero attached hydrogens (tertiary/aromatic N) is 1. The van der Waals surface area contributed by atoms with Crippen molar-refractivity contribution in [2.75, 3.05) is 6.61 Å². The van der Waals surface area contributed by atoms with Crippen LogP contribution in [-0.2, 0) is 11.3 Å². The van der Waals surface area contributed by atoms with Crippen LogP contribution in [0.1, 0.15) is 25.5 Å². The molecule has 0 aliphatic heterocycles. The molecule has 0 radical (unpaired) electrons. The normalized spacial score (nSPS) is 10.8. The largest absolute Gasteiger partial charge is 0.375 e. The van der Waals surface area contributed by atoms with Gasteiger partial charge in [-0.3, -0.25) is 4.98 Å². The molecule has 0 spiro atoms. The van der Waals surface area contributed by atoms with Crippen LogP contribution in [0, 0.1) is 0 Å². The predicted octanol–water partition coefficient (Wildman–Crippen LogP) is 3.55. The zero-order valence-corrected chi connectivity index (χ0v) is 9.65. The van der Waals surface area contributed by atoms with E-state index >= 15 is 0 Å². The van der Waals surface area contributed by atoms with Crippen LogP contribution < -0.4 is 0 Å². The summed E-state index contributed by atoms with van der Waals surface area (Å²) in [6.45, 7) is 3.60. The van der Waals surface area contributed by atoms with Crippen LogP contribution in [0.4, 0.5) is 0 Å². The second-order valence-corrected chi connectivity index (χ2v) is 3.88. The molecule has 1 aromatic carbocycles. The average molecular weight is 215 g/mol. The summed E-state index contributed by atoms with van der Waals surface area (Å²) in [7, 11) is 0. The van der Waals surface area contributed by atoms with Crippen LogP contribution >= 0.6 is 0 Å². The summed E-state index contributed by atoms with van der Waals surface area (Å²) in [5.74, 6) is 0. The average Bonchev–Trinajstić information content (AvgIpc) is 2.35. The van der Waals surface area contributed by atoms with Gasteiger partial charge >= 0.3 is 0 Å². The van der Waals surface area contributed by atoms with Gasteiger partial charge in [0.2, 0.25) is 0 Å². The Bertz CT molecular complexity index is 448. The highest BCUT2D eigenvalue weighted by Crippen LogP contribution is 2.16. The van der Waals surface area contributed by atoms with Crippen molar-refractivity contribution in [3.8, 4) is 0 Å². The van der Waals surface area contributed by atoms with Gasteiger partial charge in [-0.2, -0.15) is 0 Å². The van der Waals surface area contributed by atoms with Crippen LogP contribution in [0.25, 0.3) is 10.8 Å². The van der Waals surface area contributed by atoms with E-state index in [4.69, 9.17) is 4.74 Å². The second-order valence-electron chi connectivity index (χ2n) is 3.88. The summed E-state index contributed by atoms with van der Waals surface area (Å²) in [6, 6.07) is 10.3. The molecule has 1 aromatic heterocycles. The molecule has 0 atom stereocenters. The molecule has 2 heteroatoms. The van der Waals surface area contributed by atoms with Crippen molar-refractivity contribution >= 4 is 10.8 Å². The Morgan fingerprint density at radius 1 is 1.19 bits per heavy atom. The molecule has 16 heavy (non-hydrogen) atoms. The van der Waals surface area contributed by atoms with Crippen molar-refractivity contribution in [1.82, 2.24) is 4.98 Å². The van der Waals surface area contributed by atoms with Gasteiger partial charge in [0.15, 0.2) is 0 Å². The molecule has 2 aromatic rings. The molecule has 84 valence electrons. The van der Waals surface area contributed by atoms with Gasteiger partial charge in [-0.15, -0.1) is 0 Å². The molecule has 0 unspecified atom stereocenters. The summed E-state index contributed by atoms with van der Waals surface area (Å²) in [5, 5.41) is 2.42. The van der Waals surface area contributed by atoms with E-state index in [1.54, 1.807) is 0 Å². The summed E-state index contributed by atoms with van der Waals surface area (Å²) in [4.78, 5) is 4.38. The Morgan fingerprint density at radius 3 is 2.94 bits per heavy atom. The van der Waals surface area contributed by atoms with E-state index in [2.05, 4.69) is 24.0 Å². The second kappa shape index (κ2) is 5.61. The fourth-order valence-corrected chi connectivity index (χ4v) is 1.71. The number of aromatic nitrogens is 1. The van der Waals surface area contributed by atoms with Crippen LogP contribution in [0.15, 0.2) is 36.5 Å². The number of hydrogen-bond donors (Lipinski definition) is 0. The Balaban J connectivity index is 2.11. The minimum absolute atomic E-state index is 0.612. The first-order chi connectivity index (χ1) is 7.92. The lowest BCUT2D eigenvalue weighted by Crippen LogP contribution is -1.98. The number of pyridine rings is 1. The van der Waals surface area contributed by atoms with Gasteiger partial charge in [0.05, 0.1) is 12.3 Å². The molecule has 2 rings (SSSR count). The molecule has 2 nitrogen and oxygen atoms in total. The number of hydrogen-bond acceptors (Lipinski definition) is 2. The lowest BCUT2D eigenvalue weighted by molar-refractivity contribution is 0.116. The molecule has 0 amide bonds. The molecule has 0 fully saturated rings. The maximum Gasteiger partial charge on any atom is 0.0894 e. The van der Waals surface area contributed by atoms with Crippen molar-refractivity contribution in [2.24, 2.45) is 0 Å². The lowest BCUT2D eigenvalue weighted by Gasteiger charge is -2.06. The SMILES string of the molecule is CCCCOCc1nccc2ccccc12. The Labute approximate surface area is 96.3 Å². The topological polar surface area (TPSA) is 22.1 Å². The smallest absolute Gasteiger partial charge is 0.0894 e. The Hall–Kier alpha value is -1.41. The maximum absolute atomic E-state index is 5.61. The van der Waals surface area contributed by atoms with Gasteiger partial charge in [-0.05, 0) is 17.9 Å². The summed E-state index contributed by atoms with van der Waals surface area (Å²) in [5.41, 5.74) is 1.04. The molecule has 0 bridgehead atoms. The van der Waals surface area contributed by atoms with E-state index in [9.17, 15) is 0 Å². The first-order valence-electron chi connectivity index (χ1n) is 5.82. The van der Waals surface area contributed by atoms with Gasteiger partial charge in [-0.1, -0.05) is 37.6 Å². The first-order valence-corrected chi connectivity index (χ1v) is 5.82. The highest BCUT2D eigenvalue weighted by atomic mass is 16.5. The number of fused-ring (bicyclic) bond motifs is 1. The molecule has 0 saturated heterocycles. The molecule has 0 aliphatic rings. The van der Waals surface area contributed by atoms with E-state index in [1.165, 1.54) is 17.2 Å². The highest BCUT2D eigenvalue weighted by molar-refractivity contribution is 5.84. The third-order valence-electron chi connectivity index (χ3n) is 2.64. The van der Waals surface area contributed by atoms with Gasteiger partial charge in [-0.25, -0.2) is 0 Å². The monoisotopic (exact) mass is 215 g/mol. The number of ether oxygens (including phenoxy) is 1. The van der Waals surface area contributed by atoms with Crippen molar-refractivity contribution in [2.45, 2.75) is 26.4 Å². The molecule has 0 aliphatic carbocycles. The molecule has 1 heterocycles. The van der Waals surface area contributed by atoms with Gasteiger partial charge in [0.25, 0.3) is 0 Å². The van der Waals surface area contributed by atoms with Crippen LogP contribution in [-0.4, -0.2) is 11.6 Å². The van der Waals surface area contributed by atoms with Crippen LogP contribution in [0.3, 0.4) is 0 Å². The summed E-state index contributed by atoms with van der Waals surface area (Å²) < 4.78 is 5.61. The highest BCUT2D eigenvalue weighted by Gasteiger charge is 2.01. The van der Waals surface area contributed by atoms with E-state index in [1.807, 2.05) is 24.4 Å². The predicted molar refractivity (Wildman–Crippen MR) is 66.3 cm³/mol. The van der Waals surface area contributed by atoms with Crippen molar-refractivity contribution in [3.63, 3.8) is 0 Å². The maximum atomic E-state index is 5.61. The zero-order chi connectivity index (χ0) is 11.2. The quantitative estimate of drug-likeness (QED) is 0.711. The number of rotatable bonds is 5. The third-order valence-corrected chi connectivity index (χ3v) is 2.64. The van der Waals surface area contributed by atoms with E-state index < -0.39 is 0 Å². The summed E-state index contributed by atoms with van der Waals surface area (Å²) >= 11 is 0. The van der Waals surface area contributed by atoms with Gasteiger partial charge < -0.3 is 4.74 Å². The fraction of sp³-hybridized carbons (Fsp3) is 0.357. The van der Waals surface area contributed by atoms with Crippen LogP contribution in [0.2, 0.25) is 0 Å². The zero-order valence-electron chi connectivity index (χ0n) is 9.65. The summed E-state index contributed by atoms with van der Waals surface area (Å²) in [6.07, 6.45) is 4.13. The number of benzene rings is 1. The van der Waals surface area contributed by atoms with Gasteiger partial charge in [0, 0.05) is 18.2 Å². The Morgan fingerprint density at radius 2 is 2.06 bits per heavy atom. The minimum Gasteiger partial charge on any atom is -0.375 e. The Kier molecular flexibility index (Phi) is 3.89. The van der Waals surface area contributed by atoms with E-state index in [-0.39, 0.29) is 0 Å². The molecule has 0 saturated carbocycles. The van der Waals surface area contributed by atoms with Gasteiger partial charge in [0.1, 0.15) is 0 Å². The van der Waals surface area contributed by atoms with E-state index in [0.29, 0.717) is 6.61 Å². The van der Waals surface area contributed by atoms with Crippen molar-refractivity contribution in [1.29, 1.82) is 0 Å². The van der Waals surface area contributed by atoms with Crippen LogP contribution in [0.5, 0.6) is 0 Å². The lowest BCUT2D eigenvalue weighted by atomic mass is 10.1. The first kappa shape index (κ1) is 11.1. The molecular formula is C14H17NO. The number of unbranched alkanes of at least 4 members (excludes halogenated alkanes) is 1. The minimum atomic E-state index is 0.612. The van der Waals surface area contributed by atoms with Crippen molar-refractivity contribution < 1.29 is 4.74 Å². The fourth-order valence-electron chi connectivity index (χ4n) is 1.71. The standard InChI is InChI=1S/C14H17NO/c1-2-3-10-16-11-14-13-7-5-4-6-12(13)8-9-15-14/h4-9H,2-3,10-11H2,1H3. The molecule has 0 N–H and O–H groups in total. The molecular weight excluding hydrogens is 198 g/mol.